The predicted molar refractivity (Wildman–Crippen MR) is 42.0 cm³/mol. The first-order chi connectivity index (χ1) is 3.79. The Labute approximate surface area is 55.5 Å². The first-order valence-electron chi connectivity index (χ1n) is 2.40. The minimum atomic E-state index is 0. The fraction of sp³-hybridized carbons (Fsp3) is 0.143. The van der Waals surface area contributed by atoms with Crippen molar-refractivity contribution >= 4 is 11.4 Å². The molecule has 9 heavy (non-hydrogen) atoms. The molecule has 0 aromatic heterocycles. The van der Waals surface area contributed by atoms with Crippen LogP contribution in [0.2, 0.25) is 0 Å². The normalized spacial score (nSPS) is 8.00. The van der Waals surface area contributed by atoms with Crippen molar-refractivity contribution < 1.29 is 0 Å². The van der Waals surface area contributed by atoms with E-state index in [1.54, 1.807) is 18.2 Å². The van der Waals surface area contributed by atoms with Gasteiger partial charge in [-0.15, -0.1) is 0 Å². The Morgan fingerprint density at radius 2 is 1.44 bits per heavy atom. The Morgan fingerprint density at radius 1 is 1.00 bits per heavy atom. The van der Waals surface area contributed by atoms with Crippen LogP contribution in [0.5, 0.6) is 0 Å². The first-order valence-corrected chi connectivity index (χ1v) is 2.40. The number of benzene rings is 1. The molecule has 0 radical (unpaired) electrons. The maximum absolute atomic E-state index is 5.38. The summed E-state index contributed by atoms with van der Waals surface area (Å²) in [5.74, 6) is 0. The third-order valence-corrected chi connectivity index (χ3v) is 0.911. The van der Waals surface area contributed by atoms with Gasteiger partial charge in [0.1, 0.15) is 0 Å². The molecule has 0 aliphatic carbocycles. The number of nitrogens with two attached hydrogens (primary N) is 2. The molecule has 0 saturated heterocycles. The molecule has 0 fully saturated rings. The number of hydrogen-bond donors (Lipinski definition) is 2. The maximum Gasteiger partial charge on any atom is 0.0334 e. The second-order valence-electron chi connectivity index (χ2n) is 1.67. The quantitative estimate of drug-likeness (QED) is 0.515. The van der Waals surface area contributed by atoms with Gasteiger partial charge in [-0.1, -0.05) is 13.5 Å². The topological polar surface area (TPSA) is 52.0 Å². The molecule has 0 aliphatic heterocycles. The molecule has 0 amide bonds. The zero-order valence-electron chi connectivity index (χ0n) is 4.46. The van der Waals surface area contributed by atoms with E-state index in [1.807, 2.05) is 6.07 Å². The summed E-state index contributed by atoms with van der Waals surface area (Å²) in [6.07, 6.45) is 0. The molecule has 0 unspecified atom stereocenters. The van der Waals surface area contributed by atoms with Crippen LogP contribution in [0.1, 0.15) is 7.43 Å². The van der Waals surface area contributed by atoms with Gasteiger partial charge in [-0.05, 0) is 18.2 Å². The molecular formula is C7H12N2. The highest BCUT2D eigenvalue weighted by atomic mass is 14.6. The van der Waals surface area contributed by atoms with Crippen molar-refractivity contribution in [3.63, 3.8) is 0 Å². The summed E-state index contributed by atoms with van der Waals surface area (Å²) < 4.78 is 0. The zero-order valence-corrected chi connectivity index (χ0v) is 4.46. The smallest absolute Gasteiger partial charge is 0.0334 e. The fourth-order valence-corrected chi connectivity index (χ4v) is 0.559. The van der Waals surface area contributed by atoms with Crippen LogP contribution in [0.15, 0.2) is 24.3 Å². The van der Waals surface area contributed by atoms with E-state index < -0.39 is 0 Å². The SMILES string of the molecule is C.Nc1cccc(N)c1. The van der Waals surface area contributed by atoms with Crippen LogP contribution in [0, 0.1) is 0 Å². The number of rotatable bonds is 0. The lowest BCUT2D eigenvalue weighted by molar-refractivity contribution is 1.67. The van der Waals surface area contributed by atoms with Crippen molar-refractivity contribution in [1.29, 1.82) is 0 Å². The summed E-state index contributed by atoms with van der Waals surface area (Å²) in [5.41, 5.74) is 12.2. The zero-order chi connectivity index (χ0) is 5.98. The van der Waals surface area contributed by atoms with Crippen LogP contribution in [-0.4, -0.2) is 0 Å². The molecular weight excluding hydrogens is 112 g/mol. The van der Waals surface area contributed by atoms with Gasteiger partial charge in [0.15, 0.2) is 0 Å². The van der Waals surface area contributed by atoms with Crippen molar-refractivity contribution in [2.24, 2.45) is 0 Å². The summed E-state index contributed by atoms with van der Waals surface area (Å²) in [7, 11) is 0. The Kier molecular flexibility index (Phi) is 2.58. The van der Waals surface area contributed by atoms with Gasteiger partial charge in [0, 0.05) is 11.4 Å². The van der Waals surface area contributed by atoms with Gasteiger partial charge in [-0.3, -0.25) is 0 Å². The highest BCUT2D eigenvalue weighted by Gasteiger charge is 1.81. The lowest BCUT2D eigenvalue weighted by Crippen LogP contribution is -1.87. The molecule has 0 atom stereocenters. The molecule has 1 aromatic rings. The van der Waals surface area contributed by atoms with E-state index in [1.165, 1.54) is 0 Å². The Hall–Kier alpha value is -1.18. The van der Waals surface area contributed by atoms with Crippen molar-refractivity contribution in [2.45, 2.75) is 7.43 Å². The number of anilines is 2. The monoisotopic (exact) mass is 124 g/mol. The minimum absolute atomic E-state index is 0. The third-order valence-electron chi connectivity index (χ3n) is 0.911. The van der Waals surface area contributed by atoms with E-state index in [2.05, 4.69) is 0 Å². The van der Waals surface area contributed by atoms with Crippen LogP contribution in [-0.2, 0) is 0 Å². The van der Waals surface area contributed by atoms with Gasteiger partial charge < -0.3 is 11.5 Å². The third kappa shape index (κ3) is 2.04. The minimum Gasteiger partial charge on any atom is -0.399 e. The molecule has 2 nitrogen and oxygen atoms in total. The van der Waals surface area contributed by atoms with E-state index >= 15 is 0 Å². The van der Waals surface area contributed by atoms with Gasteiger partial charge in [-0.25, -0.2) is 0 Å². The summed E-state index contributed by atoms with van der Waals surface area (Å²) in [4.78, 5) is 0. The maximum atomic E-state index is 5.38. The molecule has 0 spiro atoms. The standard InChI is InChI=1S/C6H8N2.CH4/c7-5-2-1-3-6(8)4-5;/h1-4H,7-8H2;1H4. The fourth-order valence-electron chi connectivity index (χ4n) is 0.559. The van der Waals surface area contributed by atoms with Gasteiger partial charge in [0.05, 0.1) is 0 Å². The van der Waals surface area contributed by atoms with Crippen molar-refractivity contribution in [3.8, 4) is 0 Å². The average molecular weight is 124 g/mol. The van der Waals surface area contributed by atoms with Gasteiger partial charge in [0.25, 0.3) is 0 Å². The second-order valence-corrected chi connectivity index (χ2v) is 1.67. The van der Waals surface area contributed by atoms with Crippen molar-refractivity contribution in [1.82, 2.24) is 0 Å². The van der Waals surface area contributed by atoms with Gasteiger partial charge in [0.2, 0.25) is 0 Å². The molecule has 0 bridgehead atoms. The van der Waals surface area contributed by atoms with Crippen LogP contribution in [0.4, 0.5) is 11.4 Å². The Bertz CT molecular complexity index is 167. The van der Waals surface area contributed by atoms with E-state index in [0.29, 0.717) is 11.4 Å². The molecule has 0 heterocycles. The van der Waals surface area contributed by atoms with E-state index in [4.69, 9.17) is 11.5 Å². The molecule has 1 rings (SSSR count). The van der Waals surface area contributed by atoms with E-state index in [-0.39, 0.29) is 7.43 Å². The van der Waals surface area contributed by atoms with Crippen LogP contribution in [0.25, 0.3) is 0 Å². The predicted octanol–water partition coefficient (Wildman–Crippen LogP) is 1.49. The number of nitrogen functional groups attached to an aromatic ring is 2. The lowest BCUT2D eigenvalue weighted by atomic mass is 10.3. The van der Waals surface area contributed by atoms with Crippen LogP contribution >= 0.6 is 0 Å². The summed E-state index contributed by atoms with van der Waals surface area (Å²) in [5, 5.41) is 0. The highest BCUT2D eigenvalue weighted by Crippen LogP contribution is 2.06. The summed E-state index contributed by atoms with van der Waals surface area (Å²) in [6.45, 7) is 0. The number of hydrogen-bond acceptors (Lipinski definition) is 2. The first kappa shape index (κ1) is 7.82. The lowest BCUT2D eigenvalue weighted by Gasteiger charge is -1.91. The van der Waals surface area contributed by atoms with Gasteiger partial charge in [-0.2, -0.15) is 0 Å². The highest BCUT2D eigenvalue weighted by molar-refractivity contribution is 5.50. The molecule has 50 valence electrons. The molecule has 1 aromatic carbocycles. The summed E-state index contributed by atoms with van der Waals surface area (Å²) in [6, 6.07) is 7.15. The largest absolute Gasteiger partial charge is 0.399 e. The second kappa shape index (κ2) is 2.97. The Balaban J connectivity index is 0.000000640. The van der Waals surface area contributed by atoms with Crippen LogP contribution in [0.3, 0.4) is 0 Å². The molecule has 0 saturated carbocycles. The van der Waals surface area contributed by atoms with Gasteiger partial charge >= 0.3 is 0 Å². The van der Waals surface area contributed by atoms with Crippen molar-refractivity contribution in [2.75, 3.05) is 11.5 Å². The van der Waals surface area contributed by atoms with Crippen molar-refractivity contribution in [3.05, 3.63) is 24.3 Å². The van der Waals surface area contributed by atoms with E-state index in [0.717, 1.165) is 0 Å². The average Bonchev–Trinajstić information content (AvgIpc) is 1.64. The summed E-state index contributed by atoms with van der Waals surface area (Å²) >= 11 is 0. The van der Waals surface area contributed by atoms with E-state index in [9.17, 15) is 0 Å². The molecule has 2 heteroatoms. The molecule has 4 N–H and O–H groups in total. The molecule has 0 aliphatic rings. The Morgan fingerprint density at radius 3 is 1.67 bits per heavy atom. The van der Waals surface area contributed by atoms with Crippen LogP contribution < -0.4 is 11.5 Å².